The van der Waals surface area contributed by atoms with Crippen LogP contribution in [0.5, 0.6) is 11.5 Å². The number of hydrogen-bond acceptors (Lipinski definition) is 5. The van der Waals surface area contributed by atoms with Gasteiger partial charge >= 0.3 is 0 Å². The maximum Gasteiger partial charge on any atom is 0.273 e. The molecule has 0 saturated heterocycles. The van der Waals surface area contributed by atoms with Crippen LogP contribution in [0.25, 0.3) is 11.3 Å². The van der Waals surface area contributed by atoms with Crippen molar-refractivity contribution in [2.45, 2.75) is 19.9 Å². The molecule has 4 rings (SSSR count). The first-order valence-electron chi connectivity index (χ1n) is 9.40. The van der Waals surface area contributed by atoms with Gasteiger partial charge in [-0.25, -0.2) is 0 Å². The van der Waals surface area contributed by atoms with Crippen LogP contribution in [0.4, 0.5) is 0 Å². The number of β-amino-alcohol motifs (C(OH)–C–C–N with tert-alkyl or cyclic N) is 1. The average molecular weight is 393 g/mol. The summed E-state index contributed by atoms with van der Waals surface area (Å²) >= 11 is 0. The Morgan fingerprint density at radius 1 is 1.21 bits per heavy atom. The van der Waals surface area contributed by atoms with E-state index in [1.54, 1.807) is 18.1 Å². The van der Waals surface area contributed by atoms with Gasteiger partial charge in [-0.15, -0.1) is 0 Å². The fraction of sp³-hybridized carbons (Fsp3) is 0.273. The number of H-pyrrole nitrogens is 1. The van der Waals surface area contributed by atoms with Crippen molar-refractivity contribution in [3.63, 3.8) is 0 Å². The van der Waals surface area contributed by atoms with Gasteiger partial charge in [0.25, 0.3) is 5.91 Å². The van der Waals surface area contributed by atoms with E-state index in [4.69, 9.17) is 4.74 Å². The molecule has 3 N–H and O–H groups in total. The molecule has 1 aromatic heterocycles. The highest BCUT2D eigenvalue weighted by molar-refractivity contribution is 6.00. The maximum atomic E-state index is 13.0. The molecule has 29 heavy (non-hydrogen) atoms. The quantitative estimate of drug-likeness (QED) is 0.619. The number of phenols is 1. The number of aromatic nitrogens is 2. The summed E-state index contributed by atoms with van der Waals surface area (Å²) in [5.74, 6) is 0.614. The summed E-state index contributed by atoms with van der Waals surface area (Å²) in [6, 6.07) is 10.7. The second-order valence-corrected chi connectivity index (χ2v) is 7.23. The number of nitrogens with one attached hydrogen (secondary N) is 1. The lowest BCUT2D eigenvalue weighted by Crippen LogP contribution is -2.32. The molecular weight excluding hydrogens is 370 g/mol. The average Bonchev–Trinajstić information content (AvgIpc) is 3.22. The predicted octanol–water partition coefficient (Wildman–Crippen LogP) is 2.95. The van der Waals surface area contributed by atoms with Crippen molar-refractivity contribution in [2.24, 2.45) is 0 Å². The molecule has 1 unspecified atom stereocenters. The number of rotatable bonds is 5. The highest BCUT2D eigenvalue weighted by Crippen LogP contribution is 2.45. The summed E-state index contributed by atoms with van der Waals surface area (Å²) in [5.41, 5.74) is 4.93. The number of nitrogens with zero attached hydrogens (tertiary/aromatic N) is 2. The van der Waals surface area contributed by atoms with Gasteiger partial charge in [0.15, 0.2) is 0 Å². The fourth-order valence-corrected chi connectivity index (χ4v) is 4.11. The van der Waals surface area contributed by atoms with Crippen LogP contribution in [-0.2, 0) is 0 Å². The Labute approximate surface area is 168 Å². The van der Waals surface area contributed by atoms with Gasteiger partial charge in [-0.05, 0) is 48.7 Å². The van der Waals surface area contributed by atoms with Crippen LogP contribution < -0.4 is 4.74 Å². The first-order chi connectivity index (χ1) is 14.0. The number of amides is 1. The SMILES string of the molecule is COc1ccc(C2c3c(-c4c(C)cc(C)cc4O)n[nH]c3C(=O)N2CCO)cc1. The lowest BCUT2D eigenvalue weighted by atomic mass is 9.93. The van der Waals surface area contributed by atoms with Crippen LogP contribution in [0.3, 0.4) is 0 Å². The Morgan fingerprint density at radius 2 is 1.93 bits per heavy atom. The number of benzene rings is 2. The number of aliphatic hydroxyl groups is 1. The molecule has 1 aliphatic heterocycles. The summed E-state index contributed by atoms with van der Waals surface area (Å²) in [6.45, 7) is 3.86. The number of ether oxygens (including phenoxy) is 1. The van der Waals surface area contributed by atoms with Crippen molar-refractivity contribution < 1.29 is 19.7 Å². The number of carbonyl (C=O) groups excluding carboxylic acids is 1. The third-order valence-electron chi connectivity index (χ3n) is 5.33. The van der Waals surface area contributed by atoms with E-state index >= 15 is 0 Å². The number of carbonyl (C=O) groups is 1. The molecule has 150 valence electrons. The predicted molar refractivity (Wildman–Crippen MR) is 108 cm³/mol. The summed E-state index contributed by atoms with van der Waals surface area (Å²) in [7, 11) is 1.60. The Hall–Kier alpha value is -3.32. The first kappa shape index (κ1) is 19.0. The van der Waals surface area contributed by atoms with Gasteiger partial charge in [-0.2, -0.15) is 5.10 Å². The first-order valence-corrected chi connectivity index (χ1v) is 9.40. The highest BCUT2D eigenvalue weighted by atomic mass is 16.5. The number of phenolic OH excluding ortho intramolecular Hbond substituents is 1. The maximum absolute atomic E-state index is 13.0. The Morgan fingerprint density at radius 3 is 2.55 bits per heavy atom. The Bertz CT molecular complexity index is 1050. The molecule has 0 aliphatic carbocycles. The number of aryl methyl sites for hydroxylation is 2. The molecule has 0 radical (unpaired) electrons. The van der Waals surface area contributed by atoms with Crippen LogP contribution in [0, 0.1) is 13.8 Å². The van der Waals surface area contributed by atoms with E-state index in [1.807, 2.05) is 44.2 Å². The van der Waals surface area contributed by atoms with E-state index in [0.717, 1.165) is 16.7 Å². The van der Waals surface area contributed by atoms with Crippen molar-refractivity contribution in [3.8, 4) is 22.8 Å². The summed E-state index contributed by atoms with van der Waals surface area (Å²) < 4.78 is 5.25. The zero-order valence-electron chi connectivity index (χ0n) is 16.6. The number of hydrogen-bond donors (Lipinski definition) is 3. The van der Waals surface area contributed by atoms with E-state index in [2.05, 4.69) is 10.2 Å². The van der Waals surface area contributed by atoms with Crippen molar-refractivity contribution in [3.05, 3.63) is 64.3 Å². The fourth-order valence-electron chi connectivity index (χ4n) is 4.11. The van der Waals surface area contributed by atoms with Crippen molar-refractivity contribution in [2.75, 3.05) is 20.3 Å². The summed E-state index contributed by atoms with van der Waals surface area (Å²) in [4.78, 5) is 14.6. The van der Waals surface area contributed by atoms with Crippen LogP contribution in [0.1, 0.15) is 38.8 Å². The van der Waals surface area contributed by atoms with Crippen molar-refractivity contribution in [1.29, 1.82) is 0 Å². The van der Waals surface area contributed by atoms with Crippen LogP contribution in [0.15, 0.2) is 36.4 Å². The van der Waals surface area contributed by atoms with E-state index in [9.17, 15) is 15.0 Å². The standard InChI is InChI=1S/C22H23N3O4/c1-12-10-13(2)17(16(27)11-12)19-18-20(24-23-19)22(28)25(8-9-26)21(18)14-4-6-15(29-3)7-5-14/h4-7,10-11,21,26-27H,8-9H2,1-3H3,(H,23,24). The zero-order chi connectivity index (χ0) is 20.7. The summed E-state index contributed by atoms with van der Waals surface area (Å²) in [6.07, 6.45) is 0. The molecule has 3 aromatic rings. The van der Waals surface area contributed by atoms with Gasteiger partial charge < -0.3 is 19.8 Å². The van der Waals surface area contributed by atoms with E-state index in [-0.39, 0.29) is 24.8 Å². The molecule has 1 aliphatic rings. The lowest BCUT2D eigenvalue weighted by Gasteiger charge is -2.26. The van der Waals surface area contributed by atoms with Gasteiger partial charge in [0.05, 0.1) is 19.8 Å². The van der Waals surface area contributed by atoms with Crippen LogP contribution >= 0.6 is 0 Å². The minimum Gasteiger partial charge on any atom is -0.507 e. The van der Waals surface area contributed by atoms with E-state index < -0.39 is 6.04 Å². The number of aromatic hydroxyl groups is 1. The number of fused-ring (bicyclic) bond motifs is 1. The van der Waals surface area contributed by atoms with Gasteiger partial charge in [0.2, 0.25) is 0 Å². The van der Waals surface area contributed by atoms with Gasteiger partial charge in [0, 0.05) is 17.7 Å². The molecule has 0 fully saturated rings. The number of aromatic amines is 1. The van der Waals surface area contributed by atoms with Crippen molar-refractivity contribution >= 4 is 5.91 Å². The summed E-state index contributed by atoms with van der Waals surface area (Å²) in [5, 5.41) is 27.4. The molecule has 0 bridgehead atoms. The smallest absolute Gasteiger partial charge is 0.273 e. The van der Waals surface area contributed by atoms with Crippen LogP contribution in [-0.4, -0.2) is 51.5 Å². The topological polar surface area (TPSA) is 98.7 Å². The van der Waals surface area contributed by atoms with Gasteiger partial charge in [-0.1, -0.05) is 18.2 Å². The third-order valence-corrected chi connectivity index (χ3v) is 5.33. The minimum atomic E-state index is -0.426. The van der Waals surface area contributed by atoms with E-state index in [1.165, 1.54) is 0 Å². The van der Waals surface area contributed by atoms with E-state index in [0.29, 0.717) is 28.3 Å². The number of aliphatic hydroxyl groups excluding tert-OH is 1. The molecule has 7 heteroatoms. The molecule has 7 nitrogen and oxygen atoms in total. The molecule has 2 heterocycles. The molecule has 0 spiro atoms. The second kappa shape index (κ2) is 7.25. The third kappa shape index (κ3) is 3.03. The lowest BCUT2D eigenvalue weighted by molar-refractivity contribution is 0.0706. The number of methoxy groups -OCH3 is 1. The van der Waals surface area contributed by atoms with Crippen LogP contribution in [0.2, 0.25) is 0 Å². The largest absolute Gasteiger partial charge is 0.507 e. The molecule has 1 atom stereocenters. The second-order valence-electron chi connectivity index (χ2n) is 7.23. The normalized spacial score (nSPS) is 15.7. The zero-order valence-corrected chi connectivity index (χ0v) is 16.6. The molecule has 0 saturated carbocycles. The molecule has 2 aromatic carbocycles. The Kier molecular flexibility index (Phi) is 4.76. The highest BCUT2D eigenvalue weighted by Gasteiger charge is 2.42. The van der Waals surface area contributed by atoms with Crippen molar-refractivity contribution in [1.82, 2.24) is 15.1 Å². The molecule has 1 amide bonds. The van der Waals surface area contributed by atoms with Gasteiger partial charge in [-0.3, -0.25) is 9.89 Å². The monoisotopic (exact) mass is 393 g/mol. The van der Waals surface area contributed by atoms with Gasteiger partial charge in [0.1, 0.15) is 22.9 Å². The Balaban J connectivity index is 1.91. The minimum absolute atomic E-state index is 0.123. The molecular formula is C22H23N3O4.